The second-order valence-corrected chi connectivity index (χ2v) is 7.53. The van der Waals surface area contributed by atoms with Gasteiger partial charge in [0.1, 0.15) is 17.9 Å². The number of nitrogens with zero attached hydrogens (tertiary/aromatic N) is 2. The summed E-state index contributed by atoms with van der Waals surface area (Å²) in [5.41, 5.74) is 3.78. The number of carbonyl (C=O) groups excluding carboxylic acids is 2. The first-order valence-electron chi connectivity index (χ1n) is 10.8. The average molecular weight is 453 g/mol. The van der Waals surface area contributed by atoms with Gasteiger partial charge in [0.05, 0.1) is 18.4 Å². The fourth-order valence-electron chi connectivity index (χ4n) is 3.44. The van der Waals surface area contributed by atoms with Crippen LogP contribution < -0.4 is 15.4 Å². The quantitative estimate of drug-likeness (QED) is 0.326. The lowest BCUT2D eigenvalue weighted by Crippen LogP contribution is -2.13. The molecular weight excluding hydrogens is 428 g/mol. The minimum absolute atomic E-state index is 0.0834. The number of methoxy groups -OCH3 is 1. The zero-order valence-corrected chi connectivity index (χ0v) is 18.7. The lowest BCUT2D eigenvalue weighted by molar-refractivity contribution is -0.116. The van der Waals surface area contributed by atoms with Gasteiger partial charge in [0.2, 0.25) is 5.91 Å². The lowest BCUT2D eigenvalue weighted by atomic mass is 10.1. The molecule has 0 aliphatic heterocycles. The molecule has 0 fully saturated rings. The predicted octanol–water partition coefficient (Wildman–Crippen LogP) is 5.50. The summed E-state index contributed by atoms with van der Waals surface area (Å²) >= 11 is 0. The average Bonchev–Trinajstić information content (AvgIpc) is 2.89. The predicted molar refractivity (Wildman–Crippen MR) is 132 cm³/mol. The molecule has 1 amide bonds. The van der Waals surface area contributed by atoms with E-state index in [1.54, 1.807) is 36.4 Å². The molecule has 0 bridgehead atoms. The molecule has 4 aromatic rings. The standard InChI is InChI=1S/C27H24N4O3/c1-34-25-10-6-5-9-22(25)24(32)15-16-27(33)31-21-13-11-20(12-14-21)30-26-17-23(28-18-29-26)19-7-3-2-4-8-19/h2-14,17-18H,15-16H2,1H3,(H,31,33)(H,28,29,30). The van der Waals surface area contributed by atoms with E-state index in [0.29, 0.717) is 22.8 Å². The Hall–Kier alpha value is -4.52. The van der Waals surface area contributed by atoms with Crippen LogP contribution in [0.5, 0.6) is 5.75 Å². The summed E-state index contributed by atoms with van der Waals surface area (Å²) in [4.78, 5) is 33.4. The van der Waals surface area contributed by atoms with Gasteiger partial charge in [-0.05, 0) is 36.4 Å². The van der Waals surface area contributed by atoms with Crippen LogP contribution in [0.2, 0.25) is 0 Å². The first kappa shape index (κ1) is 22.7. The van der Waals surface area contributed by atoms with Crippen LogP contribution in [0.4, 0.5) is 17.2 Å². The topological polar surface area (TPSA) is 93.2 Å². The Kier molecular flexibility index (Phi) is 7.25. The number of ketones is 1. The van der Waals surface area contributed by atoms with Crippen molar-refractivity contribution in [3.8, 4) is 17.0 Å². The van der Waals surface area contributed by atoms with Crippen molar-refractivity contribution in [2.45, 2.75) is 12.8 Å². The van der Waals surface area contributed by atoms with Crippen molar-refractivity contribution in [3.05, 3.63) is 96.8 Å². The van der Waals surface area contributed by atoms with Crippen LogP contribution in [0, 0.1) is 0 Å². The molecule has 7 nitrogen and oxygen atoms in total. The maximum atomic E-state index is 12.4. The fraction of sp³-hybridized carbons (Fsp3) is 0.111. The summed E-state index contributed by atoms with van der Waals surface area (Å²) < 4.78 is 5.22. The van der Waals surface area contributed by atoms with E-state index in [1.165, 1.54) is 13.4 Å². The van der Waals surface area contributed by atoms with Gasteiger partial charge < -0.3 is 15.4 Å². The van der Waals surface area contributed by atoms with Crippen LogP contribution in [0.3, 0.4) is 0 Å². The SMILES string of the molecule is COc1ccccc1C(=O)CCC(=O)Nc1ccc(Nc2cc(-c3ccccc3)ncn2)cc1. The van der Waals surface area contributed by atoms with Gasteiger partial charge in [0, 0.05) is 35.8 Å². The molecule has 0 saturated heterocycles. The molecule has 0 aliphatic carbocycles. The fourth-order valence-corrected chi connectivity index (χ4v) is 3.44. The van der Waals surface area contributed by atoms with Gasteiger partial charge >= 0.3 is 0 Å². The maximum Gasteiger partial charge on any atom is 0.224 e. The number of benzene rings is 3. The first-order valence-corrected chi connectivity index (χ1v) is 10.8. The zero-order chi connectivity index (χ0) is 23.8. The molecule has 1 aromatic heterocycles. The molecule has 7 heteroatoms. The van der Waals surface area contributed by atoms with Crippen LogP contribution in [-0.4, -0.2) is 28.8 Å². The van der Waals surface area contributed by atoms with E-state index in [-0.39, 0.29) is 24.5 Å². The third-order valence-corrected chi connectivity index (χ3v) is 5.16. The van der Waals surface area contributed by atoms with Crippen LogP contribution in [0.1, 0.15) is 23.2 Å². The number of anilines is 3. The van der Waals surface area contributed by atoms with E-state index in [2.05, 4.69) is 20.6 Å². The van der Waals surface area contributed by atoms with E-state index < -0.39 is 0 Å². The lowest BCUT2D eigenvalue weighted by Gasteiger charge is -2.10. The summed E-state index contributed by atoms with van der Waals surface area (Å²) in [5.74, 6) is 0.815. The number of aromatic nitrogens is 2. The number of carbonyl (C=O) groups is 2. The minimum atomic E-state index is -0.229. The van der Waals surface area contributed by atoms with Gasteiger partial charge in [-0.2, -0.15) is 0 Å². The number of nitrogens with one attached hydrogen (secondary N) is 2. The molecule has 170 valence electrons. The van der Waals surface area contributed by atoms with Crippen LogP contribution in [-0.2, 0) is 4.79 Å². The maximum absolute atomic E-state index is 12.4. The zero-order valence-electron chi connectivity index (χ0n) is 18.7. The Balaban J connectivity index is 1.32. The molecule has 0 atom stereocenters. The Labute approximate surface area is 197 Å². The Bertz CT molecular complexity index is 1270. The smallest absolute Gasteiger partial charge is 0.224 e. The number of amides is 1. The van der Waals surface area contributed by atoms with Crippen molar-refractivity contribution in [1.82, 2.24) is 9.97 Å². The number of hydrogen-bond donors (Lipinski definition) is 2. The van der Waals surface area contributed by atoms with E-state index in [0.717, 1.165) is 16.9 Å². The third-order valence-electron chi connectivity index (χ3n) is 5.16. The van der Waals surface area contributed by atoms with Crippen LogP contribution in [0.15, 0.2) is 91.3 Å². The van der Waals surface area contributed by atoms with Crippen molar-refractivity contribution in [2.24, 2.45) is 0 Å². The monoisotopic (exact) mass is 452 g/mol. The number of hydrogen-bond acceptors (Lipinski definition) is 6. The van der Waals surface area contributed by atoms with E-state index in [1.807, 2.05) is 48.5 Å². The summed E-state index contributed by atoms with van der Waals surface area (Å²) in [6.07, 6.45) is 1.70. The van der Waals surface area contributed by atoms with Gasteiger partial charge in [-0.1, -0.05) is 42.5 Å². The number of ether oxygens (including phenoxy) is 1. The minimum Gasteiger partial charge on any atom is -0.496 e. The van der Waals surface area contributed by atoms with Crippen molar-refractivity contribution < 1.29 is 14.3 Å². The number of rotatable bonds is 9. The number of Topliss-reactive ketones (excluding diaryl/α,β-unsaturated/α-hetero) is 1. The summed E-state index contributed by atoms with van der Waals surface area (Å²) in [6, 6.07) is 26.0. The molecule has 4 rings (SSSR count). The van der Waals surface area contributed by atoms with Gasteiger partial charge in [-0.15, -0.1) is 0 Å². The second-order valence-electron chi connectivity index (χ2n) is 7.53. The van der Waals surface area contributed by atoms with Crippen molar-refractivity contribution >= 4 is 28.9 Å². The molecule has 3 aromatic carbocycles. The first-order chi connectivity index (χ1) is 16.6. The van der Waals surface area contributed by atoms with Crippen molar-refractivity contribution in [2.75, 3.05) is 17.7 Å². The Morgan fingerprint density at radius 2 is 1.53 bits per heavy atom. The van der Waals surface area contributed by atoms with E-state index in [4.69, 9.17) is 4.74 Å². The highest BCUT2D eigenvalue weighted by Crippen LogP contribution is 2.23. The summed E-state index contributed by atoms with van der Waals surface area (Å²) in [5, 5.41) is 6.07. The molecule has 0 saturated carbocycles. The third kappa shape index (κ3) is 5.83. The highest BCUT2D eigenvalue weighted by molar-refractivity contribution is 6.01. The Morgan fingerprint density at radius 1 is 0.824 bits per heavy atom. The largest absolute Gasteiger partial charge is 0.496 e. The van der Waals surface area contributed by atoms with E-state index >= 15 is 0 Å². The normalized spacial score (nSPS) is 10.4. The second kappa shape index (κ2) is 10.9. The van der Waals surface area contributed by atoms with Gasteiger partial charge in [0.15, 0.2) is 5.78 Å². The molecule has 1 heterocycles. The molecule has 0 aliphatic rings. The molecule has 0 unspecified atom stereocenters. The van der Waals surface area contributed by atoms with Gasteiger partial charge in [-0.25, -0.2) is 9.97 Å². The van der Waals surface area contributed by atoms with E-state index in [9.17, 15) is 9.59 Å². The molecule has 2 N–H and O–H groups in total. The Morgan fingerprint density at radius 3 is 2.29 bits per heavy atom. The summed E-state index contributed by atoms with van der Waals surface area (Å²) in [7, 11) is 1.52. The van der Waals surface area contributed by atoms with Crippen molar-refractivity contribution in [1.29, 1.82) is 0 Å². The van der Waals surface area contributed by atoms with Crippen LogP contribution >= 0.6 is 0 Å². The summed E-state index contributed by atoms with van der Waals surface area (Å²) in [6.45, 7) is 0. The highest BCUT2D eigenvalue weighted by atomic mass is 16.5. The molecule has 34 heavy (non-hydrogen) atoms. The molecular formula is C27H24N4O3. The highest BCUT2D eigenvalue weighted by Gasteiger charge is 2.13. The van der Waals surface area contributed by atoms with Crippen molar-refractivity contribution in [3.63, 3.8) is 0 Å². The molecule has 0 radical (unpaired) electrons. The van der Waals surface area contributed by atoms with Gasteiger partial charge in [-0.3, -0.25) is 9.59 Å². The number of para-hydroxylation sites is 1. The van der Waals surface area contributed by atoms with Crippen LogP contribution in [0.25, 0.3) is 11.3 Å². The molecule has 0 spiro atoms. The van der Waals surface area contributed by atoms with Gasteiger partial charge in [0.25, 0.3) is 0 Å².